The Kier molecular flexibility index (Phi) is 5.05. The molecule has 1 aromatic heterocycles. The average Bonchev–Trinajstić information content (AvgIpc) is 2.97. The molecule has 2 rings (SSSR count). The number of non-ortho nitro benzene ring substituents is 1. The van der Waals surface area contributed by atoms with Gasteiger partial charge in [-0.15, -0.1) is 10.2 Å². The lowest BCUT2D eigenvalue weighted by Gasteiger charge is -2.17. The van der Waals surface area contributed by atoms with Crippen LogP contribution in [0.4, 0.5) is 10.8 Å². The molecule has 7 nitrogen and oxygen atoms in total. The van der Waals surface area contributed by atoms with Gasteiger partial charge in [-0.05, 0) is 12.0 Å². The number of rotatable bonds is 6. The minimum Gasteiger partial charge on any atom is -0.300 e. The molecular weight excluding hydrogens is 316 g/mol. The minimum atomic E-state index is -0.470. The fraction of sp³-hybridized carbons (Fsp3) is 0.400. The molecule has 2 aromatic rings. The van der Waals surface area contributed by atoms with E-state index >= 15 is 0 Å². The van der Waals surface area contributed by atoms with Crippen molar-refractivity contribution < 1.29 is 9.72 Å². The molecule has 1 heterocycles. The highest BCUT2D eigenvalue weighted by Gasteiger charge is 2.23. The number of anilines is 1. The lowest BCUT2D eigenvalue weighted by molar-refractivity contribution is -0.384. The standard InChI is InChI=1S/C15H18N4O3S/c1-4-15(2,3)13-17-18-14(23-13)16-12(20)9-10-5-7-11(8-6-10)19(21)22/h5-8H,4,9H2,1-3H3,(H,16,18,20). The Morgan fingerprint density at radius 1 is 1.30 bits per heavy atom. The second kappa shape index (κ2) is 6.82. The first kappa shape index (κ1) is 17.0. The number of hydrogen-bond donors (Lipinski definition) is 1. The predicted octanol–water partition coefficient (Wildman–Crippen LogP) is 3.32. The van der Waals surface area contributed by atoms with Crippen LogP contribution in [0.1, 0.15) is 37.8 Å². The number of aromatic nitrogens is 2. The Morgan fingerprint density at radius 2 is 1.96 bits per heavy atom. The monoisotopic (exact) mass is 334 g/mol. The zero-order valence-electron chi connectivity index (χ0n) is 13.2. The van der Waals surface area contributed by atoms with Gasteiger partial charge >= 0.3 is 0 Å². The molecule has 23 heavy (non-hydrogen) atoms. The van der Waals surface area contributed by atoms with Gasteiger partial charge in [-0.2, -0.15) is 0 Å². The number of nitro benzene ring substituents is 1. The van der Waals surface area contributed by atoms with E-state index in [4.69, 9.17) is 0 Å². The summed E-state index contributed by atoms with van der Waals surface area (Å²) in [5.41, 5.74) is 0.635. The van der Waals surface area contributed by atoms with Crippen LogP contribution in [0.5, 0.6) is 0 Å². The van der Waals surface area contributed by atoms with Crippen LogP contribution in [0.25, 0.3) is 0 Å². The van der Waals surface area contributed by atoms with Crippen molar-refractivity contribution in [1.29, 1.82) is 0 Å². The fourth-order valence-corrected chi connectivity index (χ4v) is 2.71. The molecule has 0 saturated carbocycles. The van der Waals surface area contributed by atoms with Crippen molar-refractivity contribution in [1.82, 2.24) is 10.2 Å². The van der Waals surface area contributed by atoms with Crippen molar-refractivity contribution in [3.05, 3.63) is 45.0 Å². The molecule has 0 bridgehead atoms. The van der Waals surface area contributed by atoms with Crippen LogP contribution in [-0.4, -0.2) is 21.0 Å². The highest BCUT2D eigenvalue weighted by Crippen LogP contribution is 2.30. The lowest BCUT2D eigenvalue weighted by Crippen LogP contribution is -2.14. The van der Waals surface area contributed by atoms with E-state index in [0.717, 1.165) is 11.4 Å². The van der Waals surface area contributed by atoms with Gasteiger partial charge in [-0.25, -0.2) is 0 Å². The Morgan fingerprint density at radius 3 is 2.52 bits per heavy atom. The van der Waals surface area contributed by atoms with E-state index < -0.39 is 4.92 Å². The quantitative estimate of drug-likeness (QED) is 0.645. The number of carbonyl (C=O) groups excluding carboxylic acids is 1. The molecule has 8 heteroatoms. The predicted molar refractivity (Wildman–Crippen MR) is 88.7 cm³/mol. The summed E-state index contributed by atoms with van der Waals surface area (Å²) in [6.07, 6.45) is 1.06. The maximum absolute atomic E-state index is 12.0. The Bertz CT molecular complexity index is 710. The summed E-state index contributed by atoms with van der Waals surface area (Å²) < 4.78 is 0. The zero-order chi connectivity index (χ0) is 17.0. The van der Waals surface area contributed by atoms with E-state index in [0.29, 0.717) is 10.7 Å². The first-order valence-corrected chi connectivity index (χ1v) is 8.00. The summed E-state index contributed by atoms with van der Waals surface area (Å²) in [5, 5.41) is 22.8. The minimum absolute atomic E-state index is 0.00437. The molecule has 0 aliphatic rings. The van der Waals surface area contributed by atoms with Crippen LogP contribution in [0.3, 0.4) is 0 Å². The van der Waals surface area contributed by atoms with Crippen LogP contribution in [0.2, 0.25) is 0 Å². The summed E-state index contributed by atoms with van der Waals surface area (Å²) in [6, 6.07) is 5.91. The number of nitro groups is 1. The fourth-order valence-electron chi connectivity index (χ4n) is 1.78. The third-order valence-electron chi connectivity index (χ3n) is 3.65. The molecule has 0 fully saturated rings. The van der Waals surface area contributed by atoms with Gasteiger partial charge in [0.25, 0.3) is 5.69 Å². The highest BCUT2D eigenvalue weighted by molar-refractivity contribution is 7.15. The molecule has 1 amide bonds. The number of amides is 1. The maximum atomic E-state index is 12.0. The highest BCUT2D eigenvalue weighted by atomic mass is 32.1. The molecule has 0 unspecified atom stereocenters. The van der Waals surface area contributed by atoms with E-state index in [1.54, 1.807) is 12.1 Å². The molecule has 122 valence electrons. The van der Waals surface area contributed by atoms with Gasteiger partial charge < -0.3 is 5.32 Å². The third-order valence-corrected chi connectivity index (χ3v) is 4.85. The van der Waals surface area contributed by atoms with Gasteiger partial charge in [-0.3, -0.25) is 14.9 Å². The Labute approximate surface area is 137 Å². The van der Waals surface area contributed by atoms with Gasteiger partial charge in [0.15, 0.2) is 0 Å². The molecule has 0 radical (unpaired) electrons. The first-order valence-electron chi connectivity index (χ1n) is 7.19. The number of nitrogens with zero attached hydrogens (tertiary/aromatic N) is 3. The number of hydrogen-bond acceptors (Lipinski definition) is 6. The Hall–Kier alpha value is -2.35. The third kappa shape index (κ3) is 4.32. The summed E-state index contributed by atoms with van der Waals surface area (Å²) in [5.74, 6) is -0.226. The van der Waals surface area contributed by atoms with Crippen LogP contribution in [0.15, 0.2) is 24.3 Å². The second-order valence-electron chi connectivity index (χ2n) is 5.80. The van der Waals surface area contributed by atoms with Crippen LogP contribution < -0.4 is 5.32 Å². The van der Waals surface area contributed by atoms with E-state index in [-0.39, 0.29) is 23.4 Å². The van der Waals surface area contributed by atoms with Crippen LogP contribution in [-0.2, 0) is 16.6 Å². The topological polar surface area (TPSA) is 98.0 Å². The molecule has 0 aliphatic carbocycles. The SMILES string of the molecule is CCC(C)(C)c1nnc(NC(=O)Cc2ccc([N+](=O)[O-])cc2)s1. The molecule has 0 aliphatic heterocycles. The van der Waals surface area contributed by atoms with Crippen molar-refractivity contribution >= 4 is 28.1 Å². The number of nitrogens with one attached hydrogen (secondary N) is 1. The van der Waals surface area contributed by atoms with Crippen molar-refractivity contribution in [3.8, 4) is 0 Å². The summed E-state index contributed by atoms with van der Waals surface area (Å²) >= 11 is 1.37. The lowest BCUT2D eigenvalue weighted by atomic mass is 9.91. The summed E-state index contributed by atoms with van der Waals surface area (Å²) in [4.78, 5) is 22.1. The smallest absolute Gasteiger partial charge is 0.269 e. The van der Waals surface area contributed by atoms with Crippen molar-refractivity contribution in [2.45, 2.75) is 39.0 Å². The van der Waals surface area contributed by atoms with E-state index in [1.165, 1.54) is 23.5 Å². The largest absolute Gasteiger partial charge is 0.300 e. The second-order valence-corrected chi connectivity index (χ2v) is 6.78. The van der Waals surface area contributed by atoms with Gasteiger partial charge in [0.1, 0.15) is 5.01 Å². The van der Waals surface area contributed by atoms with Crippen molar-refractivity contribution in [3.63, 3.8) is 0 Å². The number of carbonyl (C=O) groups is 1. The van der Waals surface area contributed by atoms with Gasteiger partial charge in [0, 0.05) is 17.5 Å². The first-order chi connectivity index (χ1) is 10.8. The van der Waals surface area contributed by atoms with Crippen molar-refractivity contribution in [2.75, 3.05) is 5.32 Å². The average molecular weight is 334 g/mol. The van der Waals surface area contributed by atoms with E-state index in [9.17, 15) is 14.9 Å². The van der Waals surface area contributed by atoms with Gasteiger partial charge in [-0.1, -0.05) is 44.2 Å². The number of benzene rings is 1. The molecule has 0 saturated heterocycles. The molecule has 1 aromatic carbocycles. The molecular formula is C15H18N4O3S. The van der Waals surface area contributed by atoms with Crippen LogP contribution >= 0.6 is 11.3 Å². The van der Waals surface area contributed by atoms with Gasteiger partial charge in [0.05, 0.1) is 11.3 Å². The summed E-state index contributed by atoms with van der Waals surface area (Å²) in [7, 11) is 0. The normalized spacial score (nSPS) is 11.3. The zero-order valence-corrected chi connectivity index (χ0v) is 14.0. The van der Waals surface area contributed by atoms with E-state index in [2.05, 4.69) is 36.3 Å². The molecule has 1 N–H and O–H groups in total. The van der Waals surface area contributed by atoms with E-state index in [1.807, 2.05) is 0 Å². The molecule has 0 atom stereocenters. The Balaban J connectivity index is 1.98. The maximum Gasteiger partial charge on any atom is 0.269 e. The summed E-state index contributed by atoms with van der Waals surface area (Å²) in [6.45, 7) is 6.24. The molecule has 0 spiro atoms. The van der Waals surface area contributed by atoms with Gasteiger partial charge in [0.2, 0.25) is 11.0 Å². The van der Waals surface area contributed by atoms with Crippen LogP contribution in [0, 0.1) is 10.1 Å². The van der Waals surface area contributed by atoms with Crippen molar-refractivity contribution in [2.24, 2.45) is 0 Å².